The van der Waals surface area contributed by atoms with Gasteiger partial charge in [0.2, 0.25) is 5.88 Å². The van der Waals surface area contributed by atoms with Crippen LogP contribution in [0.25, 0.3) is 0 Å². The van der Waals surface area contributed by atoms with Crippen molar-refractivity contribution < 1.29 is 4.74 Å². The second-order valence-electron chi connectivity index (χ2n) is 2.63. The average molecular weight is 182 g/mol. The van der Waals surface area contributed by atoms with Gasteiger partial charge < -0.3 is 10.2 Å². The Morgan fingerprint density at radius 1 is 1.54 bits per heavy atom. The highest BCUT2D eigenvalue weighted by molar-refractivity contribution is 5.36. The van der Waals surface area contributed by atoms with Crippen molar-refractivity contribution in [2.24, 2.45) is 5.84 Å². The molecule has 0 aliphatic rings. The number of nitrogens with two attached hydrogens (primary N) is 1. The van der Waals surface area contributed by atoms with Crippen LogP contribution < -0.4 is 16.0 Å². The number of hydrogen-bond donors (Lipinski definition) is 2. The van der Waals surface area contributed by atoms with Gasteiger partial charge in [0.25, 0.3) is 0 Å². The fourth-order valence-electron chi connectivity index (χ4n) is 0.895. The zero-order valence-corrected chi connectivity index (χ0v) is 7.87. The summed E-state index contributed by atoms with van der Waals surface area (Å²) in [6.07, 6.45) is 0.953. The van der Waals surface area contributed by atoms with E-state index in [4.69, 9.17) is 10.6 Å². The molecule has 13 heavy (non-hydrogen) atoms. The molecule has 0 aromatic carbocycles. The maximum absolute atomic E-state index is 5.33. The zero-order valence-electron chi connectivity index (χ0n) is 7.87. The fourth-order valence-corrected chi connectivity index (χ4v) is 0.895. The average Bonchev–Trinajstić information content (AvgIpc) is 2.14. The van der Waals surface area contributed by atoms with Gasteiger partial charge in [0.15, 0.2) is 0 Å². The molecule has 0 radical (unpaired) electrons. The highest BCUT2D eigenvalue weighted by atomic mass is 16.5. The summed E-state index contributed by atoms with van der Waals surface area (Å²) in [4.78, 5) is 8.12. The lowest BCUT2D eigenvalue weighted by Crippen LogP contribution is -2.10. The van der Waals surface area contributed by atoms with Crippen LogP contribution in [0, 0.1) is 6.92 Å². The van der Waals surface area contributed by atoms with Crippen LogP contribution >= 0.6 is 0 Å². The Morgan fingerprint density at radius 2 is 2.31 bits per heavy atom. The van der Waals surface area contributed by atoms with E-state index in [-0.39, 0.29) is 0 Å². The van der Waals surface area contributed by atoms with E-state index in [0.29, 0.717) is 24.1 Å². The smallest absolute Gasteiger partial charge is 0.218 e. The van der Waals surface area contributed by atoms with Crippen molar-refractivity contribution in [1.82, 2.24) is 9.97 Å². The zero-order chi connectivity index (χ0) is 9.68. The molecule has 5 heteroatoms. The summed E-state index contributed by atoms with van der Waals surface area (Å²) in [6, 6.07) is 1.67. The first-order valence-corrected chi connectivity index (χ1v) is 4.21. The van der Waals surface area contributed by atoms with E-state index in [1.54, 1.807) is 13.0 Å². The number of nitrogen functional groups attached to an aromatic ring is 1. The molecule has 1 aromatic heterocycles. The molecule has 0 amide bonds. The second-order valence-corrected chi connectivity index (χ2v) is 2.63. The van der Waals surface area contributed by atoms with Crippen LogP contribution in [0.1, 0.15) is 19.2 Å². The second kappa shape index (κ2) is 4.61. The maximum atomic E-state index is 5.33. The molecule has 0 fully saturated rings. The van der Waals surface area contributed by atoms with Gasteiger partial charge >= 0.3 is 0 Å². The lowest BCUT2D eigenvalue weighted by molar-refractivity contribution is 0.304. The molecule has 0 unspecified atom stereocenters. The maximum Gasteiger partial charge on any atom is 0.218 e. The number of hydrazine groups is 1. The van der Waals surface area contributed by atoms with Crippen LogP contribution in [0.15, 0.2) is 6.07 Å². The summed E-state index contributed by atoms with van der Waals surface area (Å²) in [7, 11) is 0. The van der Waals surface area contributed by atoms with Gasteiger partial charge in [-0.15, -0.1) is 0 Å². The molecule has 1 aromatic rings. The van der Waals surface area contributed by atoms with Crippen LogP contribution in [0.5, 0.6) is 5.88 Å². The monoisotopic (exact) mass is 182 g/mol. The highest BCUT2D eigenvalue weighted by Gasteiger charge is 2.00. The van der Waals surface area contributed by atoms with E-state index in [9.17, 15) is 0 Å². The predicted molar refractivity (Wildman–Crippen MR) is 50.4 cm³/mol. The molecule has 0 saturated heterocycles. The fraction of sp³-hybridized carbons (Fsp3) is 0.500. The Bertz CT molecular complexity index is 277. The highest BCUT2D eigenvalue weighted by Crippen LogP contribution is 2.12. The molecule has 72 valence electrons. The van der Waals surface area contributed by atoms with E-state index >= 15 is 0 Å². The molecule has 3 N–H and O–H groups in total. The van der Waals surface area contributed by atoms with Gasteiger partial charge in [0.1, 0.15) is 11.6 Å². The predicted octanol–water partition coefficient (Wildman–Crippen LogP) is 0.859. The van der Waals surface area contributed by atoms with Gasteiger partial charge in [0, 0.05) is 6.07 Å². The summed E-state index contributed by atoms with van der Waals surface area (Å²) in [5, 5.41) is 0. The number of rotatable bonds is 4. The molecule has 5 nitrogen and oxygen atoms in total. The lowest BCUT2D eigenvalue weighted by atomic mass is 10.5. The number of ether oxygens (including phenoxy) is 1. The van der Waals surface area contributed by atoms with E-state index in [1.165, 1.54) is 0 Å². The third-order valence-electron chi connectivity index (χ3n) is 1.42. The topological polar surface area (TPSA) is 73.1 Å². The first-order chi connectivity index (χ1) is 6.26. The van der Waals surface area contributed by atoms with E-state index in [2.05, 4.69) is 15.4 Å². The first kappa shape index (κ1) is 9.73. The van der Waals surface area contributed by atoms with Crippen molar-refractivity contribution >= 4 is 5.82 Å². The Balaban J connectivity index is 2.76. The van der Waals surface area contributed by atoms with E-state index in [0.717, 1.165) is 6.42 Å². The van der Waals surface area contributed by atoms with Crippen molar-refractivity contribution in [2.75, 3.05) is 12.0 Å². The molecule has 1 heterocycles. The summed E-state index contributed by atoms with van der Waals surface area (Å²) in [5.74, 6) is 6.99. The van der Waals surface area contributed by atoms with E-state index < -0.39 is 0 Å². The van der Waals surface area contributed by atoms with Gasteiger partial charge in [-0.1, -0.05) is 6.92 Å². The Hall–Kier alpha value is -1.36. The first-order valence-electron chi connectivity index (χ1n) is 4.21. The summed E-state index contributed by atoms with van der Waals surface area (Å²) >= 11 is 0. The van der Waals surface area contributed by atoms with Gasteiger partial charge in [0.05, 0.1) is 6.61 Å². The molecule has 0 aliphatic carbocycles. The van der Waals surface area contributed by atoms with Crippen LogP contribution in [0.2, 0.25) is 0 Å². The van der Waals surface area contributed by atoms with Crippen molar-refractivity contribution in [3.8, 4) is 5.88 Å². The molecule has 1 rings (SSSR count). The lowest BCUT2D eigenvalue weighted by Gasteiger charge is -2.05. The Morgan fingerprint density at radius 3 is 2.92 bits per heavy atom. The van der Waals surface area contributed by atoms with E-state index in [1.807, 2.05) is 6.92 Å². The molecule has 0 atom stereocenters. The van der Waals surface area contributed by atoms with Gasteiger partial charge in [-0.2, -0.15) is 4.98 Å². The van der Waals surface area contributed by atoms with Crippen LogP contribution in [0.3, 0.4) is 0 Å². The van der Waals surface area contributed by atoms with Crippen molar-refractivity contribution in [1.29, 1.82) is 0 Å². The SMILES string of the molecule is CCCOc1cc(NN)nc(C)n1. The summed E-state index contributed by atoms with van der Waals surface area (Å²) in [6.45, 7) is 4.48. The number of aromatic nitrogens is 2. The van der Waals surface area contributed by atoms with Gasteiger partial charge in [-0.05, 0) is 13.3 Å². The largest absolute Gasteiger partial charge is 0.478 e. The minimum atomic E-state index is 0.558. The molecule has 0 bridgehead atoms. The third kappa shape index (κ3) is 2.87. The minimum Gasteiger partial charge on any atom is -0.478 e. The van der Waals surface area contributed by atoms with Crippen LogP contribution in [-0.4, -0.2) is 16.6 Å². The minimum absolute atomic E-state index is 0.558. The number of hydrogen-bond acceptors (Lipinski definition) is 5. The number of nitrogens with zero attached hydrogens (tertiary/aromatic N) is 2. The molecular weight excluding hydrogens is 168 g/mol. The molecule has 0 aliphatic heterocycles. The Labute approximate surface area is 77.3 Å². The summed E-state index contributed by atoms with van der Waals surface area (Å²) in [5.41, 5.74) is 2.45. The molecule has 0 spiro atoms. The van der Waals surface area contributed by atoms with Crippen molar-refractivity contribution in [3.63, 3.8) is 0 Å². The Kier molecular flexibility index (Phi) is 3.45. The van der Waals surface area contributed by atoms with Crippen LogP contribution in [-0.2, 0) is 0 Å². The molecule has 0 saturated carbocycles. The quantitative estimate of drug-likeness (QED) is 0.533. The van der Waals surface area contributed by atoms with Gasteiger partial charge in [-0.3, -0.25) is 0 Å². The van der Waals surface area contributed by atoms with Crippen molar-refractivity contribution in [2.45, 2.75) is 20.3 Å². The number of aryl methyl sites for hydroxylation is 1. The number of anilines is 1. The molecular formula is C8H14N4O. The normalized spacial score (nSPS) is 9.77. The summed E-state index contributed by atoms with van der Waals surface area (Å²) < 4.78 is 5.33. The third-order valence-corrected chi connectivity index (χ3v) is 1.42. The standard InChI is InChI=1S/C8H14N4O/c1-3-4-13-8-5-7(12-9)10-6(2)11-8/h5H,3-4,9H2,1-2H3,(H,10,11,12). The van der Waals surface area contributed by atoms with Crippen molar-refractivity contribution in [3.05, 3.63) is 11.9 Å². The van der Waals surface area contributed by atoms with Gasteiger partial charge in [-0.25, -0.2) is 10.8 Å². The van der Waals surface area contributed by atoms with Crippen LogP contribution in [0.4, 0.5) is 5.82 Å². The number of nitrogens with one attached hydrogen (secondary N) is 1.